The number of pyridine rings is 1. The summed E-state index contributed by atoms with van der Waals surface area (Å²) in [7, 11) is -3.07. The van der Waals surface area contributed by atoms with Gasteiger partial charge >= 0.3 is 0 Å². The maximum absolute atomic E-state index is 11.6. The van der Waals surface area contributed by atoms with E-state index in [0.717, 1.165) is 25.0 Å². The Morgan fingerprint density at radius 3 is 2.86 bits per heavy atom. The third kappa shape index (κ3) is 3.59. The number of aromatic nitrogens is 1. The number of hydrogen-bond acceptors (Lipinski definition) is 5. The molecule has 0 unspecified atom stereocenters. The van der Waals surface area contributed by atoms with E-state index in [4.69, 9.17) is 9.47 Å². The average molecular weight is 326 g/mol. The third-order valence-corrected chi connectivity index (χ3v) is 5.91. The fraction of sp³-hybridized carbons (Fsp3) is 0.667. The van der Waals surface area contributed by atoms with Gasteiger partial charge < -0.3 is 9.47 Å². The Labute approximate surface area is 131 Å². The predicted molar refractivity (Wildman–Crippen MR) is 82.2 cm³/mol. The molecule has 0 saturated carbocycles. The molecular formula is C15H22N2O4S. The molecule has 1 atom stereocenters. The van der Waals surface area contributed by atoms with E-state index in [0.29, 0.717) is 26.3 Å². The van der Waals surface area contributed by atoms with Crippen LogP contribution in [0.1, 0.15) is 19.3 Å². The Morgan fingerprint density at radius 1 is 1.45 bits per heavy atom. The Balaban J connectivity index is 1.50. The molecule has 3 rings (SSSR count). The summed E-state index contributed by atoms with van der Waals surface area (Å²) >= 11 is 0. The van der Waals surface area contributed by atoms with E-state index in [9.17, 15) is 8.42 Å². The van der Waals surface area contributed by atoms with E-state index in [1.807, 2.05) is 12.1 Å². The maximum Gasteiger partial charge on any atom is 0.211 e. The van der Waals surface area contributed by atoms with Gasteiger partial charge in [-0.05, 0) is 36.8 Å². The minimum atomic E-state index is -3.07. The van der Waals surface area contributed by atoms with Gasteiger partial charge in [0.15, 0.2) is 0 Å². The first-order chi connectivity index (χ1) is 10.5. The molecule has 0 N–H and O–H groups in total. The number of rotatable bonds is 4. The summed E-state index contributed by atoms with van der Waals surface area (Å²) in [6.45, 7) is 2.41. The van der Waals surface area contributed by atoms with Crippen LogP contribution in [0.25, 0.3) is 0 Å². The molecule has 7 heteroatoms. The zero-order valence-electron chi connectivity index (χ0n) is 12.8. The molecule has 122 valence electrons. The zero-order chi connectivity index (χ0) is 15.6. The van der Waals surface area contributed by atoms with Crippen molar-refractivity contribution >= 4 is 10.0 Å². The Bertz CT molecular complexity index is 597. The van der Waals surface area contributed by atoms with Crippen molar-refractivity contribution in [3.8, 4) is 5.75 Å². The van der Waals surface area contributed by atoms with Crippen molar-refractivity contribution in [1.29, 1.82) is 0 Å². The minimum Gasteiger partial charge on any atom is -0.489 e. The molecule has 1 aromatic heterocycles. The highest BCUT2D eigenvalue weighted by Gasteiger charge is 2.43. The largest absolute Gasteiger partial charge is 0.489 e. The van der Waals surface area contributed by atoms with Gasteiger partial charge in [0.25, 0.3) is 0 Å². The molecule has 6 nitrogen and oxygen atoms in total. The van der Waals surface area contributed by atoms with Gasteiger partial charge in [-0.1, -0.05) is 0 Å². The number of nitrogens with zero attached hydrogens (tertiary/aromatic N) is 2. The van der Waals surface area contributed by atoms with Gasteiger partial charge in [0, 0.05) is 19.3 Å². The van der Waals surface area contributed by atoms with Crippen LogP contribution in [-0.2, 0) is 14.8 Å². The maximum atomic E-state index is 11.6. The molecule has 0 aromatic carbocycles. The topological polar surface area (TPSA) is 68.7 Å². The van der Waals surface area contributed by atoms with Crippen molar-refractivity contribution in [2.75, 3.05) is 32.6 Å². The van der Waals surface area contributed by atoms with Crippen molar-refractivity contribution in [3.63, 3.8) is 0 Å². The number of sulfonamides is 1. The standard InChI is InChI=1S/C15H22N2O4S/c1-22(18,19)17-7-4-15(5-8-17)9-14(21-12-15)11-20-13-3-2-6-16-10-13/h2-3,6,10,14H,4-5,7-9,11-12H2,1H3/t14-/m0/s1. The average Bonchev–Trinajstić information content (AvgIpc) is 2.89. The zero-order valence-corrected chi connectivity index (χ0v) is 13.6. The Morgan fingerprint density at radius 2 is 2.23 bits per heavy atom. The van der Waals surface area contributed by atoms with Crippen molar-refractivity contribution in [2.45, 2.75) is 25.4 Å². The van der Waals surface area contributed by atoms with Gasteiger partial charge in [-0.2, -0.15) is 0 Å². The molecule has 2 saturated heterocycles. The van der Waals surface area contributed by atoms with Crippen LogP contribution in [0, 0.1) is 5.41 Å². The normalized spacial score (nSPS) is 25.4. The molecule has 3 heterocycles. The molecule has 2 fully saturated rings. The Kier molecular flexibility index (Phi) is 4.38. The number of ether oxygens (including phenoxy) is 2. The summed E-state index contributed by atoms with van der Waals surface area (Å²) in [6.07, 6.45) is 7.42. The van der Waals surface area contributed by atoms with Crippen molar-refractivity contribution in [2.24, 2.45) is 5.41 Å². The van der Waals surface area contributed by atoms with Crippen LogP contribution in [0.15, 0.2) is 24.5 Å². The summed E-state index contributed by atoms with van der Waals surface area (Å²) in [6, 6.07) is 3.72. The number of piperidine rings is 1. The quantitative estimate of drug-likeness (QED) is 0.834. The van der Waals surface area contributed by atoms with Gasteiger partial charge in [0.1, 0.15) is 12.4 Å². The molecule has 1 aromatic rings. The van der Waals surface area contributed by atoms with E-state index in [1.165, 1.54) is 6.26 Å². The van der Waals surface area contributed by atoms with Crippen LogP contribution in [0.5, 0.6) is 5.75 Å². The van der Waals surface area contributed by atoms with Crippen LogP contribution in [0.3, 0.4) is 0 Å². The minimum absolute atomic E-state index is 0.0741. The lowest BCUT2D eigenvalue weighted by molar-refractivity contribution is 0.0540. The molecule has 0 amide bonds. The van der Waals surface area contributed by atoms with Crippen LogP contribution in [0.2, 0.25) is 0 Å². The fourth-order valence-corrected chi connectivity index (χ4v) is 4.11. The highest BCUT2D eigenvalue weighted by molar-refractivity contribution is 7.88. The second-order valence-electron chi connectivity index (χ2n) is 6.30. The molecule has 0 aliphatic carbocycles. The molecule has 1 spiro atoms. The third-order valence-electron chi connectivity index (χ3n) is 4.61. The van der Waals surface area contributed by atoms with Crippen LogP contribution >= 0.6 is 0 Å². The first-order valence-corrected chi connectivity index (χ1v) is 9.41. The monoisotopic (exact) mass is 326 g/mol. The first-order valence-electron chi connectivity index (χ1n) is 7.56. The van der Waals surface area contributed by atoms with E-state index in [2.05, 4.69) is 4.98 Å². The van der Waals surface area contributed by atoms with E-state index in [-0.39, 0.29) is 11.5 Å². The Hall–Kier alpha value is -1.18. The highest BCUT2D eigenvalue weighted by Crippen LogP contribution is 2.42. The van der Waals surface area contributed by atoms with E-state index < -0.39 is 10.0 Å². The summed E-state index contributed by atoms with van der Waals surface area (Å²) in [5.41, 5.74) is 0.115. The first kappa shape index (κ1) is 15.7. The molecule has 22 heavy (non-hydrogen) atoms. The van der Waals surface area contributed by atoms with Gasteiger partial charge in [0.05, 0.1) is 25.2 Å². The molecule has 0 bridgehead atoms. The lowest BCUT2D eigenvalue weighted by atomic mass is 9.77. The smallest absolute Gasteiger partial charge is 0.211 e. The van der Waals surface area contributed by atoms with Gasteiger partial charge in [0.2, 0.25) is 10.0 Å². The molecule has 2 aliphatic rings. The number of hydrogen-bond donors (Lipinski definition) is 0. The van der Waals surface area contributed by atoms with Gasteiger partial charge in [-0.25, -0.2) is 12.7 Å². The van der Waals surface area contributed by atoms with Crippen molar-refractivity contribution < 1.29 is 17.9 Å². The van der Waals surface area contributed by atoms with E-state index in [1.54, 1.807) is 16.7 Å². The highest BCUT2D eigenvalue weighted by atomic mass is 32.2. The molecular weight excluding hydrogens is 304 g/mol. The fourth-order valence-electron chi connectivity index (χ4n) is 3.26. The van der Waals surface area contributed by atoms with Crippen LogP contribution in [0.4, 0.5) is 0 Å². The van der Waals surface area contributed by atoms with Crippen LogP contribution < -0.4 is 4.74 Å². The summed E-state index contributed by atoms with van der Waals surface area (Å²) in [5, 5.41) is 0. The summed E-state index contributed by atoms with van der Waals surface area (Å²) in [4.78, 5) is 4.02. The molecule has 2 aliphatic heterocycles. The van der Waals surface area contributed by atoms with E-state index >= 15 is 0 Å². The lowest BCUT2D eigenvalue weighted by Crippen LogP contribution is -2.43. The predicted octanol–water partition coefficient (Wildman–Crippen LogP) is 1.29. The second kappa shape index (κ2) is 6.14. The van der Waals surface area contributed by atoms with Crippen LogP contribution in [-0.4, -0.2) is 56.4 Å². The van der Waals surface area contributed by atoms with Gasteiger partial charge in [-0.3, -0.25) is 4.98 Å². The lowest BCUT2D eigenvalue weighted by Gasteiger charge is -2.37. The van der Waals surface area contributed by atoms with Crippen molar-refractivity contribution in [3.05, 3.63) is 24.5 Å². The second-order valence-corrected chi connectivity index (χ2v) is 8.28. The summed E-state index contributed by atoms with van der Waals surface area (Å²) in [5.74, 6) is 0.749. The SMILES string of the molecule is CS(=O)(=O)N1CCC2(CC1)CO[C@H](COc1cccnc1)C2. The summed E-state index contributed by atoms with van der Waals surface area (Å²) < 4.78 is 36.3. The molecule has 0 radical (unpaired) electrons. The van der Waals surface area contributed by atoms with Gasteiger partial charge in [-0.15, -0.1) is 0 Å². The van der Waals surface area contributed by atoms with Crippen molar-refractivity contribution in [1.82, 2.24) is 9.29 Å².